The molecule has 2 heterocycles. The minimum Gasteiger partial charge on any atom is -0.392 e. The van der Waals surface area contributed by atoms with Crippen molar-refractivity contribution in [1.82, 2.24) is 10.2 Å². The lowest BCUT2D eigenvalue weighted by atomic mass is 9.53. The number of aliphatic hydroxyl groups excluding tert-OH is 1. The Hall–Kier alpha value is -2.49. The third-order valence-corrected chi connectivity index (χ3v) is 10.7. The summed E-state index contributed by atoms with van der Waals surface area (Å²) in [6, 6.07) is 16.2. The van der Waals surface area contributed by atoms with Gasteiger partial charge in [-0.05, 0) is 98.9 Å². The second-order valence-electron chi connectivity index (χ2n) is 14.0. The number of aliphatic hydroxyl groups is 1. The van der Waals surface area contributed by atoms with Crippen molar-refractivity contribution >= 4 is 11.7 Å². The van der Waals surface area contributed by atoms with Crippen LogP contribution in [0.2, 0.25) is 0 Å². The molecule has 4 aliphatic carbocycles. The smallest absolute Gasteiger partial charge is 0.319 e. The van der Waals surface area contributed by atoms with Gasteiger partial charge in [-0.3, -0.25) is 4.90 Å². The number of rotatable bonds is 9. The van der Waals surface area contributed by atoms with Crippen LogP contribution in [0, 0.1) is 17.8 Å². The van der Waals surface area contributed by atoms with Crippen LogP contribution in [0.3, 0.4) is 0 Å². The number of anilines is 1. The summed E-state index contributed by atoms with van der Waals surface area (Å²) in [6.07, 6.45) is 9.78. The van der Waals surface area contributed by atoms with E-state index in [4.69, 9.17) is 14.2 Å². The number of urea groups is 1. The lowest BCUT2D eigenvalue weighted by Gasteiger charge is -2.56. The number of hydrogen-bond acceptors (Lipinski definition) is 6. The third-order valence-electron chi connectivity index (χ3n) is 10.7. The van der Waals surface area contributed by atoms with Gasteiger partial charge in [0.15, 0.2) is 6.29 Å². The van der Waals surface area contributed by atoms with Crippen molar-refractivity contribution in [2.24, 2.45) is 17.8 Å². The van der Waals surface area contributed by atoms with Gasteiger partial charge < -0.3 is 30.0 Å². The molecule has 8 heteroatoms. The zero-order valence-corrected chi connectivity index (χ0v) is 25.4. The third kappa shape index (κ3) is 6.50. The highest BCUT2D eigenvalue weighted by Crippen LogP contribution is 2.55. The molecule has 2 aromatic rings. The van der Waals surface area contributed by atoms with Gasteiger partial charge in [-0.2, -0.15) is 0 Å². The second-order valence-corrected chi connectivity index (χ2v) is 14.0. The van der Waals surface area contributed by atoms with Crippen LogP contribution < -0.4 is 10.6 Å². The Morgan fingerprint density at radius 1 is 1.00 bits per heavy atom. The highest BCUT2D eigenvalue weighted by molar-refractivity contribution is 5.89. The molecule has 6 fully saturated rings. The molecule has 0 spiro atoms. The first-order valence-corrected chi connectivity index (χ1v) is 16.4. The van der Waals surface area contributed by atoms with Crippen LogP contribution in [0.15, 0.2) is 48.5 Å². The Bertz CT molecular complexity index is 1230. The summed E-state index contributed by atoms with van der Waals surface area (Å²) in [6.45, 7) is 2.63. The molecule has 2 amide bonds. The van der Waals surface area contributed by atoms with Crippen molar-refractivity contribution in [1.29, 1.82) is 0 Å². The Kier molecular flexibility index (Phi) is 8.49. The van der Waals surface area contributed by atoms with E-state index in [2.05, 4.69) is 15.5 Å². The zero-order chi connectivity index (χ0) is 29.4. The first kappa shape index (κ1) is 29.2. The van der Waals surface area contributed by atoms with Crippen LogP contribution in [-0.2, 0) is 20.8 Å². The largest absolute Gasteiger partial charge is 0.392 e. The van der Waals surface area contributed by atoms with E-state index in [1.807, 2.05) is 48.5 Å². The number of likely N-dealkylation sites (tertiary alicyclic amines) is 1. The SMILES string of the molecule is COC[C@@H]1CCCN1C[C@@H]1C[C@H](c2ccc(CO)cc2)O[C@H](c2cccc(NC(=O)NC34CC5CC(CC(C5)C3)C4)c2)O1. The summed E-state index contributed by atoms with van der Waals surface area (Å²) in [7, 11) is 1.77. The molecule has 2 aliphatic heterocycles. The quantitative estimate of drug-likeness (QED) is 0.336. The van der Waals surface area contributed by atoms with E-state index >= 15 is 0 Å². The van der Waals surface area contributed by atoms with Crippen molar-refractivity contribution in [3.05, 3.63) is 65.2 Å². The van der Waals surface area contributed by atoms with Gasteiger partial charge in [0.2, 0.25) is 0 Å². The molecule has 8 rings (SSSR count). The van der Waals surface area contributed by atoms with Crippen molar-refractivity contribution in [3.63, 3.8) is 0 Å². The first-order chi connectivity index (χ1) is 21.0. The lowest BCUT2D eigenvalue weighted by molar-refractivity contribution is -0.253. The minimum atomic E-state index is -0.558. The van der Waals surface area contributed by atoms with E-state index in [-0.39, 0.29) is 30.4 Å². The fourth-order valence-corrected chi connectivity index (χ4v) is 9.24. The van der Waals surface area contributed by atoms with Crippen LogP contribution in [0.25, 0.3) is 0 Å². The van der Waals surface area contributed by atoms with E-state index in [9.17, 15) is 9.90 Å². The van der Waals surface area contributed by atoms with Crippen molar-refractivity contribution in [2.45, 2.75) is 94.5 Å². The van der Waals surface area contributed by atoms with Gasteiger partial charge in [-0.25, -0.2) is 4.79 Å². The molecule has 8 nitrogen and oxygen atoms in total. The number of hydrogen-bond donors (Lipinski definition) is 3. The Balaban J connectivity index is 1.06. The molecule has 0 radical (unpaired) electrons. The van der Waals surface area contributed by atoms with Gasteiger partial charge in [0, 0.05) is 42.9 Å². The van der Waals surface area contributed by atoms with Gasteiger partial charge in [0.1, 0.15) is 0 Å². The highest BCUT2D eigenvalue weighted by Gasteiger charge is 2.51. The summed E-state index contributed by atoms with van der Waals surface area (Å²) < 4.78 is 18.7. The van der Waals surface area contributed by atoms with Gasteiger partial charge in [0.25, 0.3) is 0 Å². The fraction of sp³-hybridized carbons (Fsp3) is 0.629. The number of nitrogens with zero attached hydrogens (tertiary/aromatic N) is 1. The van der Waals surface area contributed by atoms with E-state index in [0.29, 0.717) is 6.04 Å². The molecule has 3 N–H and O–H groups in total. The second kappa shape index (κ2) is 12.5. The van der Waals surface area contributed by atoms with E-state index in [0.717, 1.165) is 91.9 Å². The van der Waals surface area contributed by atoms with Crippen molar-refractivity contribution in [2.75, 3.05) is 32.1 Å². The number of amides is 2. The maximum Gasteiger partial charge on any atom is 0.319 e. The van der Waals surface area contributed by atoms with E-state index < -0.39 is 6.29 Å². The maximum absolute atomic E-state index is 13.3. The molecule has 4 atom stereocenters. The summed E-state index contributed by atoms with van der Waals surface area (Å²) in [5.41, 5.74) is 3.57. The maximum atomic E-state index is 13.3. The van der Waals surface area contributed by atoms with Crippen LogP contribution in [0.4, 0.5) is 10.5 Å². The summed E-state index contributed by atoms with van der Waals surface area (Å²) in [4.78, 5) is 15.8. The van der Waals surface area contributed by atoms with E-state index in [1.54, 1.807) is 7.11 Å². The average molecular weight is 590 g/mol. The molecular formula is C35H47N3O5. The molecule has 6 aliphatic rings. The molecule has 43 heavy (non-hydrogen) atoms. The molecular weight excluding hydrogens is 542 g/mol. The monoisotopic (exact) mass is 589 g/mol. The zero-order valence-electron chi connectivity index (χ0n) is 25.4. The molecule has 4 saturated carbocycles. The van der Waals surface area contributed by atoms with Crippen molar-refractivity contribution in [3.8, 4) is 0 Å². The number of carbonyl (C=O) groups excluding carboxylic acids is 1. The summed E-state index contributed by atoms with van der Waals surface area (Å²) in [5.74, 6) is 2.34. The predicted molar refractivity (Wildman–Crippen MR) is 164 cm³/mol. The topological polar surface area (TPSA) is 92.3 Å². The summed E-state index contributed by atoms with van der Waals surface area (Å²) in [5, 5.41) is 16.1. The predicted octanol–water partition coefficient (Wildman–Crippen LogP) is 5.93. The number of carbonyl (C=O) groups is 1. The van der Waals surface area contributed by atoms with Crippen LogP contribution in [0.1, 0.15) is 86.9 Å². The molecule has 2 aromatic carbocycles. The Morgan fingerprint density at radius 3 is 2.44 bits per heavy atom. The number of ether oxygens (including phenoxy) is 3. The normalized spacial score (nSPS) is 35.3. The van der Waals surface area contributed by atoms with Crippen LogP contribution in [-0.4, -0.2) is 60.5 Å². The molecule has 2 saturated heterocycles. The highest BCUT2D eigenvalue weighted by atomic mass is 16.7. The first-order valence-electron chi connectivity index (χ1n) is 16.4. The van der Waals surface area contributed by atoms with Crippen molar-refractivity contribution < 1.29 is 24.1 Å². The number of methoxy groups -OCH3 is 1. The molecule has 0 unspecified atom stereocenters. The Labute approximate surface area is 255 Å². The van der Waals surface area contributed by atoms with E-state index in [1.165, 1.54) is 25.7 Å². The number of benzene rings is 2. The number of nitrogens with one attached hydrogen (secondary N) is 2. The van der Waals surface area contributed by atoms with Gasteiger partial charge in [-0.1, -0.05) is 36.4 Å². The lowest BCUT2D eigenvalue weighted by Crippen LogP contribution is -2.60. The Morgan fingerprint density at radius 2 is 1.74 bits per heavy atom. The van der Waals surface area contributed by atoms with Gasteiger partial charge in [0.05, 0.1) is 25.4 Å². The summed E-state index contributed by atoms with van der Waals surface area (Å²) >= 11 is 0. The fourth-order valence-electron chi connectivity index (χ4n) is 9.24. The van der Waals surface area contributed by atoms with Crippen LogP contribution >= 0.6 is 0 Å². The molecule has 232 valence electrons. The molecule has 4 bridgehead atoms. The van der Waals surface area contributed by atoms with Crippen LogP contribution in [0.5, 0.6) is 0 Å². The standard InChI is InChI=1S/C35H47N3O5/c1-41-22-30-6-3-11-38(30)20-31-16-32(27-9-7-23(21-39)8-10-27)43-33(42-31)28-4-2-5-29(15-28)36-34(40)37-35-17-24-12-25(18-35)14-26(13-24)19-35/h2,4-5,7-10,15,24-26,30-33,39H,3,6,11-14,16-22H2,1H3,(H2,36,37,40)/t24?,25?,26?,30-,31-,32+,33+,35?/m0/s1. The minimum absolute atomic E-state index is 0.0188. The molecule has 0 aromatic heterocycles. The average Bonchev–Trinajstić information content (AvgIpc) is 3.42. The van der Waals surface area contributed by atoms with Gasteiger partial charge >= 0.3 is 6.03 Å². The van der Waals surface area contributed by atoms with Gasteiger partial charge in [-0.15, -0.1) is 0 Å².